The molecule has 6 nitrogen and oxygen atoms in total. The van der Waals surface area contributed by atoms with E-state index in [4.69, 9.17) is 4.74 Å². The van der Waals surface area contributed by atoms with E-state index in [1.165, 1.54) is 5.56 Å². The van der Waals surface area contributed by atoms with Crippen LogP contribution >= 0.6 is 11.8 Å². The fraction of sp³-hybridized carbons (Fsp3) is 0.148. The summed E-state index contributed by atoms with van der Waals surface area (Å²) in [6.07, 6.45) is 1.65. The summed E-state index contributed by atoms with van der Waals surface area (Å²) in [6, 6.07) is 22.7. The van der Waals surface area contributed by atoms with Gasteiger partial charge in [0.15, 0.2) is 0 Å². The van der Waals surface area contributed by atoms with E-state index < -0.39 is 17.1 Å². The summed E-state index contributed by atoms with van der Waals surface area (Å²) < 4.78 is 5.81. The van der Waals surface area contributed by atoms with Crippen LogP contribution in [0.2, 0.25) is 0 Å². The molecule has 0 bridgehead atoms. The molecule has 0 aromatic heterocycles. The van der Waals surface area contributed by atoms with Crippen LogP contribution < -0.4 is 10.1 Å². The molecule has 7 heteroatoms. The Labute approximate surface area is 202 Å². The van der Waals surface area contributed by atoms with Crippen molar-refractivity contribution in [2.45, 2.75) is 20.5 Å². The molecule has 1 aliphatic rings. The summed E-state index contributed by atoms with van der Waals surface area (Å²) in [6.45, 7) is 4.12. The maximum Gasteiger partial charge on any atom is 0.294 e. The van der Waals surface area contributed by atoms with Crippen molar-refractivity contribution in [3.63, 3.8) is 0 Å². The van der Waals surface area contributed by atoms with Crippen LogP contribution in [-0.2, 0) is 16.2 Å². The maximum absolute atomic E-state index is 12.7. The van der Waals surface area contributed by atoms with Gasteiger partial charge in [0, 0.05) is 5.69 Å². The van der Waals surface area contributed by atoms with Crippen molar-refractivity contribution in [2.24, 2.45) is 0 Å². The molecule has 3 aromatic carbocycles. The van der Waals surface area contributed by atoms with Crippen LogP contribution in [0.3, 0.4) is 0 Å². The summed E-state index contributed by atoms with van der Waals surface area (Å²) in [5.74, 6) is -0.199. The summed E-state index contributed by atoms with van der Waals surface area (Å²) >= 11 is 0.827. The molecule has 4 rings (SSSR count). The lowest BCUT2D eigenvalue weighted by atomic mass is 10.1. The number of imide groups is 1. The normalized spacial score (nSPS) is 14.5. The van der Waals surface area contributed by atoms with Gasteiger partial charge in [-0.3, -0.25) is 19.3 Å². The molecule has 0 spiro atoms. The minimum atomic E-state index is -0.478. The van der Waals surface area contributed by atoms with E-state index in [0.717, 1.165) is 33.4 Å². The molecule has 0 saturated carbocycles. The zero-order chi connectivity index (χ0) is 24.1. The first-order chi connectivity index (χ1) is 16.4. The van der Waals surface area contributed by atoms with Gasteiger partial charge in [-0.15, -0.1) is 0 Å². The van der Waals surface area contributed by atoms with Crippen LogP contribution in [0.25, 0.3) is 6.08 Å². The van der Waals surface area contributed by atoms with E-state index in [-0.39, 0.29) is 11.4 Å². The summed E-state index contributed by atoms with van der Waals surface area (Å²) in [7, 11) is 0. The smallest absolute Gasteiger partial charge is 0.294 e. The molecule has 1 N–H and O–H groups in total. The van der Waals surface area contributed by atoms with Crippen LogP contribution in [0.5, 0.6) is 5.75 Å². The SMILES string of the molecule is Cc1ccc(COc2ccc(/C=C3\SC(=O)N(CC(=O)Nc4ccc(C)cc4)C3=O)cc2)cc1. The number of nitrogens with one attached hydrogen (secondary N) is 1. The molecular weight excluding hydrogens is 448 g/mol. The van der Waals surface area contributed by atoms with Crippen LogP contribution in [-0.4, -0.2) is 28.5 Å². The predicted molar refractivity (Wildman–Crippen MR) is 134 cm³/mol. The molecule has 0 aliphatic carbocycles. The Kier molecular flexibility index (Phi) is 7.13. The Morgan fingerprint density at radius 2 is 1.53 bits per heavy atom. The lowest BCUT2D eigenvalue weighted by Crippen LogP contribution is -2.36. The Balaban J connectivity index is 1.35. The number of ether oxygens (including phenoxy) is 1. The maximum atomic E-state index is 12.7. The molecule has 0 unspecified atom stereocenters. The molecule has 1 saturated heterocycles. The number of carbonyl (C=O) groups is 3. The highest BCUT2D eigenvalue weighted by atomic mass is 32.2. The molecule has 1 heterocycles. The number of amides is 3. The molecule has 3 aromatic rings. The first-order valence-corrected chi connectivity index (χ1v) is 11.6. The molecule has 3 amide bonds. The zero-order valence-corrected chi connectivity index (χ0v) is 19.7. The van der Waals surface area contributed by atoms with E-state index in [2.05, 4.69) is 5.32 Å². The van der Waals surface area contributed by atoms with Crippen molar-refractivity contribution >= 4 is 40.6 Å². The van der Waals surface area contributed by atoms with Crippen molar-refractivity contribution in [2.75, 3.05) is 11.9 Å². The highest BCUT2D eigenvalue weighted by molar-refractivity contribution is 8.18. The monoisotopic (exact) mass is 472 g/mol. The largest absolute Gasteiger partial charge is 0.489 e. The van der Waals surface area contributed by atoms with Crippen LogP contribution in [0.1, 0.15) is 22.3 Å². The van der Waals surface area contributed by atoms with Gasteiger partial charge in [-0.25, -0.2) is 0 Å². The van der Waals surface area contributed by atoms with E-state index in [1.54, 1.807) is 18.2 Å². The Morgan fingerprint density at radius 3 is 2.18 bits per heavy atom. The number of hydrogen-bond acceptors (Lipinski definition) is 5. The average Bonchev–Trinajstić information content (AvgIpc) is 3.08. The van der Waals surface area contributed by atoms with Crippen molar-refractivity contribution < 1.29 is 19.1 Å². The highest BCUT2D eigenvalue weighted by Gasteiger charge is 2.36. The van der Waals surface area contributed by atoms with Gasteiger partial charge in [0.25, 0.3) is 11.1 Å². The van der Waals surface area contributed by atoms with E-state index in [9.17, 15) is 14.4 Å². The minimum Gasteiger partial charge on any atom is -0.489 e. The fourth-order valence-electron chi connectivity index (χ4n) is 3.28. The van der Waals surface area contributed by atoms with Gasteiger partial charge >= 0.3 is 0 Å². The van der Waals surface area contributed by atoms with E-state index >= 15 is 0 Å². The summed E-state index contributed by atoms with van der Waals surface area (Å²) in [5.41, 5.74) is 4.72. The Hall–Kier alpha value is -3.84. The quantitative estimate of drug-likeness (QED) is 0.456. The third-order valence-electron chi connectivity index (χ3n) is 5.21. The number of carbonyl (C=O) groups excluding carboxylic acids is 3. The van der Waals surface area contributed by atoms with E-state index in [0.29, 0.717) is 18.0 Å². The van der Waals surface area contributed by atoms with Crippen LogP contribution in [0.15, 0.2) is 77.7 Å². The zero-order valence-electron chi connectivity index (χ0n) is 18.9. The lowest BCUT2D eigenvalue weighted by molar-refractivity contribution is -0.127. The van der Waals surface area contributed by atoms with Gasteiger partial charge in [-0.2, -0.15) is 0 Å². The highest BCUT2D eigenvalue weighted by Crippen LogP contribution is 2.32. The van der Waals surface area contributed by atoms with E-state index in [1.807, 2.05) is 74.5 Å². The van der Waals surface area contributed by atoms with Gasteiger partial charge in [0.2, 0.25) is 5.91 Å². The molecular formula is C27H24N2O4S. The van der Waals surface area contributed by atoms with Gasteiger partial charge in [0.1, 0.15) is 18.9 Å². The number of nitrogens with zero attached hydrogens (tertiary/aromatic N) is 1. The standard InChI is InChI=1S/C27H24N2O4S/c1-18-3-7-21(8-4-18)17-33-23-13-9-20(10-14-23)15-24-26(31)29(27(32)34-24)16-25(30)28-22-11-5-19(2)6-12-22/h3-15H,16-17H2,1-2H3,(H,28,30)/b24-15-. The lowest BCUT2D eigenvalue weighted by Gasteiger charge is -2.12. The number of aryl methyl sites for hydroxylation is 2. The van der Waals surface area contributed by atoms with Crippen molar-refractivity contribution in [1.29, 1.82) is 0 Å². The topological polar surface area (TPSA) is 75.7 Å². The predicted octanol–water partition coefficient (Wildman–Crippen LogP) is 5.56. The second-order valence-electron chi connectivity index (χ2n) is 8.03. The third kappa shape index (κ3) is 5.94. The van der Waals surface area contributed by atoms with Crippen molar-refractivity contribution in [1.82, 2.24) is 4.90 Å². The Morgan fingerprint density at radius 1 is 0.912 bits per heavy atom. The van der Waals surface area contributed by atoms with Gasteiger partial charge in [-0.1, -0.05) is 59.7 Å². The molecule has 172 valence electrons. The van der Waals surface area contributed by atoms with Crippen LogP contribution in [0.4, 0.5) is 10.5 Å². The fourth-order valence-corrected chi connectivity index (χ4v) is 4.12. The molecule has 0 radical (unpaired) electrons. The number of rotatable bonds is 7. The average molecular weight is 473 g/mol. The molecule has 0 atom stereocenters. The summed E-state index contributed by atoms with van der Waals surface area (Å²) in [4.78, 5) is 38.6. The van der Waals surface area contributed by atoms with Gasteiger partial charge in [-0.05, 0) is 67.1 Å². The third-order valence-corrected chi connectivity index (χ3v) is 6.12. The van der Waals surface area contributed by atoms with Gasteiger partial charge in [0.05, 0.1) is 4.91 Å². The van der Waals surface area contributed by atoms with Crippen molar-refractivity contribution in [3.8, 4) is 5.75 Å². The Bertz CT molecular complexity index is 1230. The number of benzene rings is 3. The number of thioether (sulfide) groups is 1. The summed E-state index contributed by atoms with van der Waals surface area (Å²) in [5, 5.41) is 2.24. The molecule has 34 heavy (non-hydrogen) atoms. The first kappa shape index (κ1) is 23.3. The second kappa shape index (κ2) is 10.4. The first-order valence-electron chi connectivity index (χ1n) is 10.8. The van der Waals surface area contributed by atoms with Crippen molar-refractivity contribution in [3.05, 3.63) is 100.0 Å². The molecule has 1 aliphatic heterocycles. The number of hydrogen-bond donors (Lipinski definition) is 1. The molecule has 1 fully saturated rings. The van der Waals surface area contributed by atoms with Crippen LogP contribution in [0, 0.1) is 13.8 Å². The van der Waals surface area contributed by atoms with Gasteiger partial charge < -0.3 is 10.1 Å². The number of anilines is 1. The minimum absolute atomic E-state index is 0.279. The second-order valence-corrected chi connectivity index (χ2v) is 9.02.